The molecule has 0 radical (unpaired) electrons. The summed E-state index contributed by atoms with van der Waals surface area (Å²) in [7, 11) is 0. The van der Waals surface area contributed by atoms with Crippen molar-refractivity contribution in [2.45, 2.75) is 33.6 Å². The van der Waals surface area contributed by atoms with Crippen LogP contribution in [0.5, 0.6) is 0 Å². The van der Waals surface area contributed by atoms with Gasteiger partial charge < -0.3 is 0 Å². The Kier molecular flexibility index (Phi) is 2.48. The number of allylic oxidation sites excluding steroid dienone is 2. The maximum atomic E-state index is 4.34. The average molecular weight is 151 g/mol. The van der Waals surface area contributed by atoms with E-state index < -0.39 is 0 Å². The maximum Gasteiger partial charge on any atom is 0.0446 e. The standard InChI is InChI=1S/C10H17N/c1-4-10(3)7-9(2)5-6-11-8-10/h5-6H,4,7-8H2,1-3H3. The van der Waals surface area contributed by atoms with E-state index in [0.717, 1.165) is 6.54 Å². The lowest BCUT2D eigenvalue weighted by Gasteiger charge is -2.25. The minimum Gasteiger partial charge on any atom is -0.293 e. The lowest BCUT2D eigenvalue weighted by molar-refractivity contribution is 0.323. The third kappa shape index (κ3) is 2.18. The van der Waals surface area contributed by atoms with Gasteiger partial charge in [0.2, 0.25) is 0 Å². The van der Waals surface area contributed by atoms with Gasteiger partial charge in [0.1, 0.15) is 0 Å². The molecular formula is C10H17N. The summed E-state index contributed by atoms with van der Waals surface area (Å²) in [4.78, 5) is 4.34. The maximum absolute atomic E-state index is 4.34. The molecule has 1 unspecified atom stereocenters. The van der Waals surface area contributed by atoms with Gasteiger partial charge in [-0.2, -0.15) is 0 Å². The zero-order chi connectivity index (χ0) is 8.32. The van der Waals surface area contributed by atoms with Gasteiger partial charge in [0.05, 0.1) is 0 Å². The SMILES string of the molecule is CCC1(C)CN=CC=C(C)C1. The highest BCUT2D eigenvalue weighted by molar-refractivity contribution is 5.72. The van der Waals surface area contributed by atoms with E-state index in [4.69, 9.17) is 0 Å². The van der Waals surface area contributed by atoms with Crippen molar-refractivity contribution >= 4 is 6.21 Å². The Morgan fingerprint density at radius 2 is 2.36 bits per heavy atom. The Morgan fingerprint density at radius 3 is 3.00 bits per heavy atom. The third-order valence-electron chi connectivity index (χ3n) is 2.50. The fourth-order valence-corrected chi connectivity index (χ4v) is 1.48. The lowest BCUT2D eigenvalue weighted by atomic mass is 9.82. The van der Waals surface area contributed by atoms with Crippen LogP contribution in [-0.4, -0.2) is 12.8 Å². The molecule has 0 saturated heterocycles. The van der Waals surface area contributed by atoms with E-state index in [-0.39, 0.29) is 0 Å². The average Bonchev–Trinajstić information content (AvgIpc) is 2.13. The highest BCUT2D eigenvalue weighted by Crippen LogP contribution is 2.30. The number of hydrogen-bond donors (Lipinski definition) is 0. The highest BCUT2D eigenvalue weighted by Gasteiger charge is 2.22. The second-order valence-electron chi connectivity index (χ2n) is 3.84. The molecule has 0 fully saturated rings. The van der Waals surface area contributed by atoms with Crippen LogP contribution in [0.2, 0.25) is 0 Å². The molecule has 62 valence electrons. The van der Waals surface area contributed by atoms with Crippen molar-refractivity contribution in [2.24, 2.45) is 10.4 Å². The molecule has 0 amide bonds. The van der Waals surface area contributed by atoms with E-state index in [0.29, 0.717) is 5.41 Å². The summed E-state index contributed by atoms with van der Waals surface area (Å²) < 4.78 is 0. The molecule has 1 atom stereocenters. The minimum atomic E-state index is 0.410. The number of aliphatic imine (C=N–C) groups is 1. The van der Waals surface area contributed by atoms with Gasteiger partial charge in [0.25, 0.3) is 0 Å². The van der Waals surface area contributed by atoms with Crippen molar-refractivity contribution in [3.8, 4) is 0 Å². The van der Waals surface area contributed by atoms with Crippen LogP contribution in [-0.2, 0) is 0 Å². The third-order valence-corrected chi connectivity index (χ3v) is 2.50. The van der Waals surface area contributed by atoms with Crippen LogP contribution in [0.3, 0.4) is 0 Å². The van der Waals surface area contributed by atoms with Crippen molar-refractivity contribution in [1.82, 2.24) is 0 Å². The van der Waals surface area contributed by atoms with Crippen LogP contribution in [0, 0.1) is 5.41 Å². The first-order valence-corrected chi connectivity index (χ1v) is 4.32. The molecule has 1 heterocycles. The molecular weight excluding hydrogens is 134 g/mol. The zero-order valence-corrected chi connectivity index (χ0v) is 7.72. The van der Waals surface area contributed by atoms with E-state index in [1.54, 1.807) is 0 Å². The van der Waals surface area contributed by atoms with Gasteiger partial charge in [0.15, 0.2) is 0 Å². The first-order valence-electron chi connectivity index (χ1n) is 4.32. The first kappa shape index (κ1) is 8.51. The molecule has 0 spiro atoms. The second-order valence-corrected chi connectivity index (χ2v) is 3.84. The van der Waals surface area contributed by atoms with E-state index in [9.17, 15) is 0 Å². The molecule has 0 bridgehead atoms. The topological polar surface area (TPSA) is 12.4 Å². The van der Waals surface area contributed by atoms with Gasteiger partial charge in [-0.1, -0.05) is 19.4 Å². The van der Waals surface area contributed by atoms with Crippen molar-refractivity contribution in [3.63, 3.8) is 0 Å². The highest BCUT2D eigenvalue weighted by atomic mass is 14.7. The Hall–Kier alpha value is -0.590. The molecule has 1 nitrogen and oxygen atoms in total. The van der Waals surface area contributed by atoms with Crippen LogP contribution in [0.25, 0.3) is 0 Å². The summed E-state index contributed by atoms with van der Waals surface area (Å²) in [5, 5.41) is 0. The van der Waals surface area contributed by atoms with Gasteiger partial charge in [-0.3, -0.25) is 4.99 Å². The Labute approximate surface area is 69.2 Å². The summed E-state index contributed by atoms with van der Waals surface area (Å²) in [6.45, 7) is 7.73. The molecule has 1 heteroatoms. The van der Waals surface area contributed by atoms with E-state index in [2.05, 4.69) is 31.8 Å². The Bertz CT molecular complexity index is 191. The Balaban J connectivity index is 2.72. The molecule has 0 aromatic rings. The van der Waals surface area contributed by atoms with Crippen molar-refractivity contribution in [1.29, 1.82) is 0 Å². The first-order chi connectivity index (χ1) is 5.16. The van der Waals surface area contributed by atoms with Gasteiger partial charge in [0, 0.05) is 12.8 Å². The van der Waals surface area contributed by atoms with Crippen molar-refractivity contribution < 1.29 is 0 Å². The second kappa shape index (κ2) is 3.21. The molecule has 0 N–H and O–H groups in total. The van der Waals surface area contributed by atoms with Crippen LogP contribution in [0.4, 0.5) is 0 Å². The number of hydrogen-bond acceptors (Lipinski definition) is 1. The van der Waals surface area contributed by atoms with Crippen LogP contribution < -0.4 is 0 Å². The lowest BCUT2D eigenvalue weighted by Crippen LogP contribution is -2.18. The minimum absolute atomic E-state index is 0.410. The van der Waals surface area contributed by atoms with E-state index >= 15 is 0 Å². The quantitative estimate of drug-likeness (QED) is 0.546. The van der Waals surface area contributed by atoms with Crippen LogP contribution >= 0.6 is 0 Å². The van der Waals surface area contributed by atoms with Gasteiger partial charge in [-0.15, -0.1) is 0 Å². The molecule has 0 aliphatic carbocycles. The summed E-state index contributed by atoms with van der Waals surface area (Å²) in [5.74, 6) is 0. The van der Waals surface area contributed by atoms with Gasteiger partial charge >= 0.3 is 0 Å². The fraction of sp³-hybridized carbons (Fsp3) is 0.700. The molecule has 1 aliphatic heterocycles. The molecule has 1 aliphatic rings. The molecule has 11 heavy (non-hydrogen) atoms. The molecule has 1 rings (SSSR count). The van der Waals surface area contributed by atoms with Gasteiger partial charge in [-0.05, 0) is 31.3 Å². The van der Waals surface area contributed by atoms with Crippen LogP contribution in [0.1, 0.15) is 33.6 Å². The monoisotopic (exact) mass is 151 g/mol. The zero-order valence-electron chi connectivity index (χ0n) is 7.72. The molecule has 0 saturated carbocycles. The van der Waals surface area contributed by atoms with Crippen LogP contribution in [0.15, 0.2) is 16.6 Å². The molecule has 0 aromatic carbocycles. The van der Waals surface area contributed by atoms with Crippen molar-refractivity contribution in [2.75, 3.05) is 6.54 Å². The van der Waals surface area contributed by atoms with E-state index in [1.165, 1.54) is 18.4 Å². The van der Waals surface area contributed by atoms with Crippen molar-refractivity contribution in [3.05, 3.63) is 11.6 Å². The largest absolute Gasteiger partial charge is 0.293 e. The normalized spacial score (nSPS) is 31.4. The summed E-state index contributed by atoms with van der Waals surface area (Å²) >= 11 is 0. The molecule has 0 aromatic heterocycles. The predicted molar refractivity (Wildman–Crippen MR) is 50.1 cm³/mol. The summed E-state index contributed by atoms with van der Waals surface area (Å²) in [5.41, 5.74) is 1.86. The summed E-state index contributed by atoms with van der Waals surface area (Å²) in [6.07, 6.45) is 6.48. The van der Waals surface area contributed by atoms with Gasteiger partial charge in [-0.25, -0.2) is 0 Å². The number of nitrogens with zero attached hydrogens (tertiary/aromatic N) is 1. The Morgan fingerprint density at radius 1 is 1.64 bits per heavy atom. The predicted octanol–water partition coefficient (Wildman–Crippen LogP) is 2.82. The van der Waals surface area contributed by atoms with E-state index in [1.807, 2.05) is 6.21 Å². The summed E-state index contributed by atoms with van der Waals surface area (Å²) in [6, 6.07) is 0. The smallest absolute Gasteiger partial charge is 0.0446 e. The fourth-order valence-electron chi connectivity index (χ4n) is 1.48. The number of rotatable bonds is 1.